The number of carboxylic acids is 1. The Morgan fingerprint density at radius 1 is 1.36 bits per heavy atom. The molecule has 1 unspecified atom stereocenters. The molecule has 0 aromatic heterocycles. The number of aliphatic carboxylic acids is 1. The van der Waals surface area contributed by atoms with E-state index >= 15 is 0 Å². The Hall–Kier alpha value is -1.28. The summed E-state index contributed by atoms with van der Waals surface area (Å²) in [5, 5.41) is 19.1. The van der Waals surface area contributed by atoms with E-state index in [-0.39, 0.29) is 16.6 Å². The molecule has 2 N–H and O–H groups in total. The maximum Gasteiger partial charge on any atom is 0.305 e. The number of carbonyl (C=O) groups excluding carboxylic acids is 1. The Kier molecular flexibility index (Phi) is 5.69. The number of benzene rings is 1. The fourth-order valence-corrected chi connectivity index (χ4v) is 3.09. The van der Waals surface area contributed by atoms with Gasteiger partial charge in [0.1, 0.15) is 5.25 Å². The Morgan fingerprint density at radius 3 is 2.73 bits per heavy atom. The summed E-state index contributed by atoms with van der Waals surface area (Å²) < 4.78 is 0. The summed E-state index contributed by atoms with van der Waals surface area (Å²) >= 11 is 18.8. The van der Waals surface area contributed by atoms with Gasteiger partial charge in [-0.05, 0) is 12.1 Å². The van der Waals surface area contributed by atoms with Gasteiger partial charge in [-0.15, -0.1) is 5.10 Å². The molecule has 0 saturated carbocycles. The summed E-state index contributed by atoms with van der Waals surface area (Å²) in [6.45, 7) is 0. The number of hydrogen-bond acceptors (Lipinski definition) is 5. The molecule has 0 aliphatic carbocycles. The van der Waals surface area contributed by atoms with Crippen molar-refractivity contribution in [1.82, 2.24) is 5.32 Å². The molecule has 0 radical (unpaired) electrons. The number of nitrogens with one attached hydrogen (secondary N) is 1. The highest BCUT2D eigenvalue weighted by molar-refractivity contribution is 8.15. The number of amidine groups is 1. The van der Waals surface area contributed by atoms with Crippen LogP contribution in [-0.2, 0) is 9.59 Å². The number of halogens is 3. The predicted octanol–water partition coefficient (Wildman–Crippen LogP) is 3.04. The van der Waals surface area contributed by atoms with Crippen molar-refractivity contribution in [3.63, 3.8) is 0 Å². The summed E-state index contributed by atoms with van der Waals surface area (Å²) in [4.78, 5) is 22.1. The van der Waals surface area contributed by atoms with Gasteiger partial charge >= 0.3 is 5.97 Å². The topological polar surface area (TPSA) is 91.1 Å². The second-order valence-electron chi connectivity index (χ2n) is 4.10. The monoisotopic (exact) mass is 379 g/mol. The first-order valence-corrected chi connectivity index (χ1v) is 7.83. The van der Waals surface area contributed by atoms with Gasteiger partial charge in [-0.25, -0.2) is 0 Å². The zero-order valence-corrected chi connectivity index (χ0v) is 13.8. The molecule has 1 fully saturated rings. The van der Waals surface area contributed by atoms with Crippen LogP contribution in [0.25, 0.3) is 0 Å². The molecule has 0 bridgehead atoms. The number of nitrogens with zero attached hydrogens (tertiary/aromatic N) is 2. The number of rotatable bonds is 4. The van der Waals surface area contributed by atoms with Crippen molar-refractivity contribution in [2.75, 3.05) is 0 Å². The molecule has 2 rings (SSSR count). The second-order valence-corrected chi connectivity index (χ2v) is 6.48. The van der Waals surface area contributed by atoms with E-state index < -0.39 is 17.1 Å². The molecule has 1 saturated heterocycles. The van der Waals surface area contributed by atoms with E-state index in [9.17, 15) is 9.59 Å². The van der Waals surface area contributed by atoms with E-state index in [0.29, 0.717) is 15.6 Å². The Labute approximate surface area is 144 Å². The normalized spacial score (nSPS) is 19.9. The zero-order chi connectivity index (χ0) is 16.3. The molecule has 1 aromatic carbocycles. The highest BCUT2D eigenvalue weighted by atomic mass is 35.5. The SMILES string of the molecule is O=C(O)CC1SC(=NN=Cc2c(Cl)ccc(Cl)c2Cl)NC1=O. The lowest BCUT2D eigenvalue weighted by molar-refractivity contribution is -0.138. The van der Waals surface area contributed by atoms with Crippen LogP contribution in [0.1, 0.15) is 12.0 Å². The minimum Gasteiger partial charge on any atom is -0.481 e. The molecule has 1 aliphatic rings. The lowest BCUT2D eigenvalue weighted by Crippen LogP contribution is -2.26. The van der Waals surface area contributed by atoms with Gasteiger partial charge in [-0.1, -0.05) is 46.6 Å². The molecule has 116 valence electrons. The molecular weight excluding hydrogens is 373 g/mol. The first kappa shape index (κ1) is 17.1. The molecule has 10 heteroatoms. The van der Waals surface area contributed by atoms with E-state index in [1.807, 2.05) is 0 Å². The molecule has 1 amide bonds. The third kappa shape index (κ3) is 4.13. The van der Waals surface area contributed by atoms with Gasteiger partial charge in [0.05, 0.1) is 27.7 Å². The number of amides is 1. The Bertz CT molecular complexity index is 694. The summed E-state index contributed by atoms with van der Waals surface area (Å²) in [6.07, 6.45) is 1.02. The number of hydrogen-bond donors (Lipinski definition) is 2. The first-order chi connectivity index (χ1) is 10.4. The smallest absolute Gasteiger partial charge is 0.305 e. The Balaban J connectivity index is 2.11. The van der Waals surface area contributed by atoms with E-state index in [1.165, 1.54) is 6.21 Å². The summed E-state index contributed by atoms with van der Waals surface area (Å²) in [7, 11) is 0. The zero-order valence-electron chi connectivity index (χ0n) is 10.7. The third-order valence-electron chi connectivity index (χ3n) is 2.55. The van der Waals surface area contributed by atoms with Gasteiger partial charge < -0.3 is 10.4 Å². The van der Waals surface area contributed by atoms with E-state index in [2.05, 4.69) is 15.5 Å². The summed E-state index contributed by atoms with van der Waals surface area (Å²) in [6, 6.07) is 3.12. The fraction of sp³-hybridized carbons (Fsp3) is 0.167. The number of carboxylic acid groups (broad SMARTS) is 1. The maximum absolute atomic E-state index is 11.5. The Morgan fingerprint density at radius 2 is 2.05 bits per heavy atom. The number of thioether (sulfide) groups is 1. The minimum atomic E-state index is -1.06. The molecular formula is C12H8Cl3N3O3S. The van der Waals surface area contributed by atoms with Crippen molar-refractivity contribution in [1.29, 1.82) is 0 Å². The highest BCUT2D eigenvalue weighted by Gasteiger charge is 2.32. The van der Waals surface area contributed by atoms with Crippen molar-refractivity contribution in [3.8, 4) is 0 Å². The van der Waals surface area contributed by atoms with Gasteiger partial charge in [0.25, 0.3) is 0 Å². The maximum atomic E-state index is 11.5. The van der Waals surface area contributed by atoms with Crippen LogP contribution in [0.4, 0.5) is 0 Å². The molecule has 1 atom stereocenters. The average molecular weight is 381 g/mol. The van der Waals surface area contributed by atoms with Crippen molar-refractivity contribution in [2.24, 2.45) is 10.2 Å². The average Bonchev–Trinajstić information content (AvgIpc) is 2.78. The van der Waals surface area contributed by atoms with Gasteiger partial charge in [0.15, 0.2) is 5.17 Å². The second kappa shape index (κ2) is 7.32. The third-order valence-corrected chi connectivity index (χ3v) is 4.77. The summed E-state index contributed by atoms with van der Waals surface area (Å²) in [5.74, 6) is -1.48. The van der Waals surface area contributed by atoms with E-state index in [4.69, 9.17) is 39.9 Å². The minimum absolute atomic E-state index is 0.210. The molecule has 0 spiro atoms. The van der Waals surface area contributed by atoms with Crippen LogP contribution < -0.4 is 5.32 Å². The van der Waals surface area contributed by atoms with Gasteiger partial charge in [0, 0.05) is 5.56 Å². The highest BCUT2D eigenvalue weighted by Crippen LogP contribution is 2.30. The van der Waals surface area contributed by atoms with Crippen molar-refractivity contribution < 1.29 is 14.7 Å². The van der Waals surface area contributed by atoms with Crippen molar-refractivity contribution in [3.05, 3.63) is 32.8 Å². The van der Waals surface area contributed by atoms with E-state index in [1.54, 1.807) is 12.1 Å². The molecule has 1 aromatic rings. The van der Waals surface area contributed by atoms with Gasteiger partial charge in [-0.3, -0.25) is 9.59 Å². The largest absolute Gasteiger partial charge is 0.481 e. The van der Waals surface area contributed by atoms with Gasteiger partial charge in [0.2, 0.25) is 5.91 Å². The fourth-order valence-electron chi connectivity index (χ4n) is 1.55. The van der Waals surface area contributed by atoms with Gasteiger partial charge in [-0.2, -0.15) is 5.10 Å². The van der Waals surface area contributed by atoms with Crippen LogP contribution in [-0.4, -0.2) is 33.6 Å². The van der Waals surface area contributed by atoms with E-state index in [0.717, 1.165) is 11.8 Å². The molecule has 22 heavy (non-hydrogen) atoms. The number of carbonyl (C=O) groups is 2. The first-order valence-electron chi connectivity index (χ1n) is 5.82. The quantitative estimate of drug-likeness (QED) is 0.477. The van der Waals surface area contributed by atoms with Crippen LogP contribution in [0.2, 0.25) is 15.1 Å². The lowest BCUT2D eigenvalue weighted by Gasteiger charge is -2.02. The lowest BCUT2D eigenvalue weighted by atomic mass is 10.2. The van der Waals surface area contributed by atoms with Crippen LogP contribution in [0.15, 0.2) is 22.3 Å². The predicted molar refractivity (Wildman–Crippen MR) is 88.3 cm³/mol. The summed E-state index contributed by atoms with van der Waals surface area (Å²) in [5.41, 5.74) is 0.400. The van der Waals surface area contributed by atoms with Crippen LogP contribution in [0, 0.1) is 0 Å². The standard InChI is InChI=1S/C12H8Cl3N3O3S/c13-6-1-2-7(14)10(15)5(6)4-16-18-12-17-11(21)8(22-12)3-9(19)20/h1-2,4,8H,3H2,(H,19,20)(H,17,18,21). The van der Waals surface area contributed by atoms with Crippen molar-refractivity contribution in [2.45, 2.75) is 11.7 Å². The molecule has 1 heterocycles. The molecule has 6 nitrogen and oxygen atoms in total. The van der Waals surface area contributed by atoms with Crippen LogP contribution in [0.3, 0.4) is 0 Å². The van der Waals surface area contributed by atoms with Crippen molar-refractivity contribution >= 4 is 69.8 Å². The van der Waals surface area contributed by atoms with Crippen LogP contribution in [0.5, 0.6) is 0 Å². The molecule has 1 aliphatic heterocycles. The van der Waals surface area contributed by atoms with Crippen LogP contribution >= 0.6 is 46.6 Å².